The maximum Gasteiger partial charge on any atom is 0.137 e. The Morgan fingerprint density at radius 1 is 1.38 bits per heavy atom. The number of para-hydroxylation sites is 1. The summed E-state index contributed by atoms with van der Waals surface area (Å²) in [5.74, 6) is 0.917. The topological polar surface area (TPSA) is 33.4 Å². The molecular weight excluding hydrogens is 164 g/mol. The number of aryl methyl sites for hydroxylation is 1. The summed E-state index contributed by atoms with van der Waals surface area (Å²) in [6.07, 6.45) is 0.657. The van der Waals surface area contributed by atoms with E-state index in [1.54, 1.807) is 0 Å². The van der Waals surface area contributed by atoms with E-state index in [1.165, 1.54) is 0 Å². The van der Waals surface area contributed by atoms with Crippen molar-refractivity contribution in [3.63, 3.8) is 0 Å². The second-order valence-electron chi connectivity index (χ2n) is 3.17. The largest absolute Gasteiger partial charge is 0.461 e. The highest BCUT2D eigenvalue weighted by Crippen LogP contribution is 2.22. The molecule has 0 amide bonds. The Hall–Kier alpha value is -1.28. The van der Waals surface area contributed by atoms with Crippen molar-refractivity contribution < 1.29 is 9.52 Å². The van der Waals surface area contributed by atoms with Crippen molar-refractivity contribution in [2.75, 3.05) is 6.61 Å². The third-order valence-electron chi connectivity index (χ3n) is 2.13. The first kappa shape index (κ1) is 8.32. The zero-order valence-electron chi connectivity index (χ0n) is 7.58. The molecule has 2 heteroatoms. The zero-order chi connectivity index (χ0) is 9.26. The van der Waals surface area contributed by atoms with Crippen LogP contribution < -0.4 is 0 Å². The van der Waals surface area contributed by atoms with E-state index < -0.39 is 0 Å². The van der Waals surface area contributed by atoms with Gasteiger partial charge in [0.05, 0.1) is 0 Å². The van der Waals surface area contributed by atoms with E-state index in [4.69, 9.17) is 9.52 Å². The van der Waals surface area contributed by atoms with Crippen LogP contribution in [0.4, 0.5) is 0 Å². The minimum absolute atomic E-state index is 0.166. The van der Waals surface area contributed by atoms with Gasteiger partial charge in [0.15, 0.2) is 0 Å². The third kappa shape index (κ3) is 1.45. The van der Waals surface area contributed by atoms with Gasteiger partial charge in [-0.2, -0.15) is 0 Å². The Morgan fingerprint density at radius 2 is 2.23 bits per heavy atom. The smallest absolute Gasteiger partial charge is 0.137 e. The fourth-order valence-corrected chi connectivity index (χ4v) is 1.57. The minimum Gasteiger partial charge on any atom is -0.461 e. The highest BCUT2D eigenvalue weighted by atomic mass is 16.3. The van der Waals surface area contributed by atoms with Gasteiger partial charge in [-0.1, -0.05) is 18.2 Å². The standard InChI is InChI=1S/C11H12O2/c1-8-7-10-4-2-3-9(5-6-12)11(10)13-8/h2-4,7,12H,5-6H2,1H3. The molecule has 0 radical (unpaired) electrons. The van der Waals surface area contributed by atoms with Crippen molar-refractivity contribution in [2.24, 2.45) is 0 Å². The number of benzene rings is 1. The molecule has 0 saturated heterocycles. The fraction of sp³-hybridized carbons (Fsp3) is 0.273. The summed E-state index contributed by atoms with van der Waals surface area (Å²) in [6.45, 7) is 2.10. The molecule has 0 spiro atoms. The van der Waals surface area contributed by atoms with Crippen molar-refractivity contribution in [2.45, 2.75) is 13.3 Å². The minimum atomic E-state index is 0.166. The lowest BCUT2D eigenvalue weighted by Gasteiger charge is -1.97. The molecule has 0 atom stereocenters. The predicted molar refractivity (Wildman–Crippen MR) is 51.7 cm³/mol. The van der Waals surface area contributed by atoms with Gasteiger partial charge in [-0.15, -0.1) is 0 Å². The van der Waals surface area contributed by atoms with Gasteiger partial charge in [-0.3, -0.25) is 0 Å². The first-order valence-electron chi connectivity index (χ1n) is 4.40. The molecule has 0 aliphatic heterocycles. The predicted octanol–water partition coefficient (Wildman–Crippen LogP) is 2.28. The average molecular weight is 176 g/mol. The summed E-state index contributed by atoms with van der Waals surface area (Å²) < 4.78 is 5.54. The normalized spacial score (nSPS) is 10.9. The van der Waals surface area contributed by atoms with Gasteiger partial charge in [0.2, 0.25) is 0 Å². The number of rotatable bonds is 2. The van der Waals surface area contributed by atoms with Crippen LogP contribution in [0.5, 0.6) is 0 Å². The Morgan fingerprint density at radius 3 is 3.00 bits per heavy atom. The lowest BCUT2D eigenvalue weighted by Crippen LogP contribution is -1.89. The van der Waals surface area contributed by atoms with Gasteiger partial charge in [-0.05, 0) is 25.0 Å². The van der Waals surface area contributed by atoms with Crippen LogP contribution in [-0.4, -0.2) is 11.7 Å². The summed E-state index contributed by atoms with van der Waals surface area (Å²) in [4.78, 5) is 0. The van der Waals surface area contributed by atoms with E-state index >= 15 is 0 Å². The molecule has 0 bridgehead atoms. The quantitative estimate of drug-likeness (QED) is 0.761. The van der Waals surface area contributed by atoms with Gasteiger partial charge >= 0.3 is 0 Å². The second kappa shape index (κ2) is 3.23. The van der Waals surface area contributed by atoms with E-state index in [1.807, 2.05) is 31.2 Å². The van der Waals surface area contributed by atoms with Crippen LogP contribution in [0.15, 0.2) is 28.7 Å². The SMILES string of the molecule is Cc1cc2cccc(CCO)c2o1. The van der Waals surface area contributed by atoms with Crippen LogP contribution in [0, 0.1) is 6.92 Å². The van der Waals surface area contributed by atoms with Gasteiger partial charge < -0.3 is 9.52 Å². The Bertz CT molecular complexity index is 415. The van der Waals surface area contributed by atoms with Crippen LogP contribution >= 0.6 is 0 Å². The number of furan rings is 1. The second-order valence-corrected chi connectivity index (χ2v) is 3.17. The van der Waals surface area contributed by atoms with Gasteiger partial charge in [0, 0.05) is 12.0 Å². The van der Waals surface area contributed by atoms with E-state index in [0.717, 1.165) is 22.3 Å². The lowest BCUT2D eigenvalue weighted by atomic mass is 10.1. The Balaban J connectivity index is 2.60. The number of hydrogen-bond donors (Lipinski definition) is 1. The van der Waals surface area contributed by atoms with E-state index in [9.17, 15) is 0 Å². The van der Waals surface area contributed by atoms with Gasteiger partial charge in [0.25, 0.3) is 0 Å². The van der Waals surface area contributed by atoms with Gasteiger partial charge in [-0.25, -0.2) is 0 Å². The van der Waals surface area contributed by atoms with Crippen molar-refractivity contribution in [3.05, 3.63) is 35.6 Å². The Kier molecular flexibility index (Phi) is 2.07. The molecule has 1 heterocycles. The molecule has 0 aliphatic rings. The lowest BCUT2D eigenvalue weighted by molar-refractivity contribution is 0.299. The van der Waals surface area contributed by atoms with E-state index in [-0.39, 0.29) is 6.61 Å². The molecule has 1 N–H and O–H groups in total. The highest BCUT2D eigenvalue weighted by molar-refractivity contribution is 5.81. The number of aliphatic hydroxyl groups excluding tert-OH is 1. The molecule has 1 aromatic heterocycles. The van der Waals surface area contributed by atoms with Crippen molar-refractivity contribution in [1.29, 1.82) is 0 Å². The Labute approximate surface area is 76.8 Å². The summed E-state index contributed by atoms with van der Waals surface area (Å²) in [5.41, 5.74) is 1.99. The molecule has 0 unspecified atom stereocenters. The molecular formula is C11H12O2. The number of aliphatic hydroxyl groups is 1. The van der Waals surface area contributed by atoms with Crippen molar-refractivity contribution >= 4 is 11.0 Å². The summed E-state index contributed by atoms with van der Waals surface area (Å²) in [7, 11) is 0. The zero-order valence-corrected chi connectivity index (χ0v) is 7.58. The van der Waals surface area contributed by atoms with Crippen LogP contribution in [0.1, 0.15) is 11.3 Å². The molecule has 0 saturated carbocycles. The molecule has 2 rings (SSSR count). The number of fused-ring (bicyclic) bond motifs is 1. The van der Waals surface area contributed by atoms with E-state index in [2.05, 4.69) is 0 Å². The number of hydrogen-bond acceptors (Lipinski definition) is 2. The summed E-state index contributed by atoms with van der Waals surface area (Å²) in [6, 6.07) is 8.01. The van der Waals surface area contributed by atoms with Crippen LogP contribution in [-0.2, 0) is 6.42 Å². The first-order valence-corrected chi connectivity index (χ1v) is 4.40. The maximum atomic E-state index is 8.84. The van der Waals surface area contributed by atoms with Crippen LogP contribution in [0.3, 0.4) is 0 Å². The molecule has 1 aromatic carbocycles. The summed E-state index contributed by atoms with van der Waals surface area (Å²) >= 11 is 0. The maximum absolute atomic E-state index is 8.84. The molecule has 68 valence electrons. The third-order valence-corrected chi connectivity index (χ3v) is 2.13. The fourth-order valence-electron chi connectivity index (χ4n) is 1.57. The van der Waals surface area contributed by atoms with E-state index in [0.29, 0.717) is 6.42 Å². The molecule has 2 nitrogen and oxygen atoms in total. The molecule has 2 aromatic rings. The molecule has 0 aliphatic carbocycles. The molecule has 0 fully saturated rings. The summed E-state index contributed by atoms with van der Waals surface area (Å²) in [5, 5.41) is 9.96. The highest BCUT2D eigenvalue weighted by Gasteiger charge is 2.04. The average Bonchev–Trinajstić information content (AvgIpc) is 2.47. The van der Waals surface area contributed by atoms with Crippen LogP contribution in [0.2, 0.25) is 0 Å². The van der Waals surface area contributed by atoms with Crippen molar-refractivity contribution in [1.82, 2.24) is 0 Å². The van der Waals surface area contributed by atoms with Crippen LogP contribution in [0.25, 0.3) is 11.0 Å². The first-order chi connectivity index (χ1) is 6.31. The van der Waals surface area contributed by atoms with Crippen molar-refractivity contribution in [3.8, 4) is 0 Å². The molecule has 13 heavy (non-hydrogen) atoms. The van der Waals surface area contributed by atoms with Gasteiger partial charge in [0.1, 0.15) is 11.3 Å². The monoisotopic (exact) mass is 176 g/mol.